The number of anilines is 1. The minimum absolute atomic E-state index is 0.0717. The Balaban J connectivity index is 2.22. The van der Waals surface area contributed by atoms with E-state index in [1.807, 2.05) is 18.2 Å². The van der Waals surface area contributed by atoms with Crippen molar-refractivity contribution in [2.45, 2.75) is 25.3 Å². The number of nitrogens with one attached hydrogen (secondary N) is 1. The monoisotopic (exact) mass is 261 g/mol. The van der Waals surface area contributed by atoms with E-state index in [0.717, 1.165) is 23.2 Å². The summed E-state index contributed by atoms with van der Waals surface area (Å²) in [5.41, 5.74) is 9.02. The average molecular weight is 261 g/mol. The second-order valence-electron chi connectivity index (χ2n) is 4.82. The molecule has 1 aliphatic rings. The van der Waals surface area contributed by atoms with Gasteiger partial charge in [-0.1, -0.05) is 12.1 Å². The lowest BCUT2D eigenvalue weighted by atomic mass is 9.95. The van der Waals surface area contributed by atoms with Crippen LogP contribution in [-0.4, -0.2) is 25.9 Å². The maximum atomic E-state index is 11.6. The molecule has 1 aromatic rings. The van der Waals surface area contributed by atoms with Gasteiger partial charge in [0, 0.05) is 38.7 Å². The summed E-state index contributed by atoms with van der Waals surface area (Å²) in [6.45, 7) is 0. The molecule has 19 heavy (non-hydrogen) atoms. The summed E-state index contributed by atoms with van der Waals surface area (Å²) in [7, 11) is 3.38. The highest BCUT2D eigenvalue weighted by Crippen LogP contribution is 2.29. The highest BCUT2D eigenvalue weighted by Gasteiger charge is 2.22. The predicted octanol–water partition coefficient (Wildman–Crippen LogP) is 0.732. The minimum atomic E-state index is -0.312. The summed E-state index contributed by atoms with van der Waals surface area (Å²) in [6, 6.07) is 5.49. The number of nitrogens with two attached hydrogens (primary N) is 1. The number of benzene rings is 1. The van der Waals surface area contributed by atoms with Crippen molar-refractivity contribution in [3.05, 3.63) is 29.3 Å². The van der Waals surface area contributed by atoms with Crippen LogP contribution in [0.2, 0.25) is 0 Å². The molecule has 5 heteroatoms. The number of hydrogen-bond donors (Lipinski definition) is 2. The van der Waals surface area contributed by atoms with E-state index in [-0.39, 0.29) is 24.3 Å². The summed E-state index contributed by atoms with van der Waals surface area (Å²) >= 11 is 0. The summed E-state index contributed by atoms with van der Waals surface area (Å²) in [6.07, 6.45) is 1.53. The molecule has 1 heterocycles. The van der Waals surface area contributed by atoms with Crippen molar-refractivity contribution in [3.63, 3.8) is 0 Å². The highest BCUT2D eigenvalue weighted by atomic mass is 16.2. The largest absolute Gasteiger partial charge is 0.359 e. The Kier molecular flexibility index (Phi) is 3.85. The summed E-state index contributed by atoms with van der Waals surface area (Å²) in [4.78, 5) is 24.6. The average Bonchev–Trinajstić information content (AvgIpc) is 2.42. The van der Waals surface area contributed by atoms with E-state index >= 15 is 0 Å². The minimum Gasteiger partial charge on any atom is -0.359 e. The first-order valence-electron chi connectivity index (χ1n) is 6.38. The van der Waals surface area contributed by atoms with Crippen LogP contribution in [0.4, 0.5) is 5.69 Å². The molecule has 0 saturated carbocycles. The molecule has 1 aliphatic heterocycles. The number of nitrogens with zero attached hydrogens (tertiary/aromatic N) is 1. The molecule has 0 aromatic heterocycles. The van der Waals surface area contributed by atoms with Crippen LogP contribution in [0, 0.1) is 0 Å². The van der Waals surface area contributed by atoms with Crippen LogP contribution in [-0.2, 0) is 16.0 Å². The Morgan fingerprint density at radius 2 is 2.21 bits per heavy atom. The molecular weight excluding hydrogens is 242 g/mol. The van der Waals surface area contributed by atoms with Crippen LogP contribution in [0.3, 0.4) is 0 Å². The van der Waals surface area contributed by atoms with Crippen molar-refractivity contribution in [1.29, 1.82) is 0 Å². The molecule has 2 rings (SSSR count). The third-order valence-electron chi connectivity index (χ3n) is 3.56. The van der Waals surface area contributed by atoms with E-state index in [2.05, 4.69) is 5.32 Å². The van der Waals surface area contributed by atoms with Crippen molar-refractivity contribution in [2.24, 2.45) is 5.73 Å². The third-order valence-corrected chi connectivity index (χ3v) is 3.56. The van der Waals surface area contributed by atoms with Gasteiger partial charge in [0.1, 0.15) is 0 Å². The lowest BCUT2D eigenvalue weighted by Crippen LogP contribution is -2.31. The quantitative estimate of drug-likeness (QED) is 0.842. The van der Waals surface area contributed by atoms with Gasteiger partial charge >= 0.3 is 0 Å². The highest BCUT2D eigenvalue weighted by molar-refractivity contribution is 5.95. The fourth-order valence-corrected chi connectivity index (χ4v) is 2.33. The molecule has 1 atom stereocenters. The maximum Gasteiger partial charge on any atom is 0.227 e. The van der Waals surface area contributed by atoms with Gasteiger partial charge in [0.05, 0.1) is 0 Å². The van der Waals surface area contributed by atoms with Crippen molar-refractivity contribution in [2.75, 3.05) is 19.0 Å². The molecular formula is C14H19N3O2. The van der Waals surface area contributed by atoms with E-state index in [0.29, 0.717) is 6.42 Å². The zero-order valence-electron chi connectivity index (χ0n) is 11.3. The van der Waals surface area contributed by atoms with Crippen LogP contribution in [0.25, 0.3) is 0 Å². The maximum absolute atomic E-state index is 11.6. The molecule has 102 valence electrons. The topological polar surface area (TPSA) is 75.4 Å². The van der Waals surface area contributed by atoms with Gasteiger partial charge in [-0.25, -0.2) is 0 Å². The Labute approximate surface area is 112 Å². The van der Waals surface area contributed by atoms with Gasteiger partial charge < -0.3 is 16.0 Å². The Morgan fingerprint density at radius 1 is 1.47 bits per heavy atom. The van der Waals surface area contributed by atoms with Crippen molar-refractivity contribution in [1.82, 2.24) is 5.32 Å². The number of aryl methyl sites for hydroxylation is 1. The van der Waals surface area contributed by atoms with E-state index in [1.165, 1.54) is 0 Å². The molecule has 0 fully saturated rings. The van der Waals surface area contributed by atoms with E-state index in [1.54, 1.807) is 19.0 Å². The van der Waals surface area contributed by atoms with Gasteiger partial charge in [-0.2, -0.15) is 0 Å². The molecule has 0 saturated heterocycles. The molecule has 0 aliphatic carbocycles. The number of carbonyl (C=O) groups excluding carboxylic acids is 2. The van der Waals surface area contributed by atoms with Gasteiger partial charge in [-0.05, 0) is 23.6 Å². The number of hydrogen-bond acceptors (Lipinski definition) is 3. The van der Waals surface area contributed by atoms with Gasteiger partial charge in [-0.15, -0.1) is 0 Å². The van der Waals surface area contributed by atoms with Crippen LogP contribution < -0.4 is 16.0 Å². The molecule has 1 unspecified atom stereocenters. The van der Waals surface area contributed by atoms with Gasteiger partial charge in [0.25, 0.3) is 0 Å². The number of amides is 2. The summed E-state index contributed by atoms with van der Waals surface area (Å²) in [5, 5.41) is 2.57. The Hall–Kier alpha value is -1.88. The Morgan fingerprint density at radius 3 is 2.89 bits per heavy atom. The number of carbonyl (C=O) groups is 2. The Bertz CT molecular complexity index is 513. The second-order valence-corrected chi connectivity index (χ2v) is 4.82. The van der Waals surface area contributed by atoms with Crippen molar-refractivity contribution >= 4 is 17.5 Å². The van der Waals surface area contributed by atoms with E-state index in [4.69, 9.17) is 5.73 Å². The normalized spacial score (nSPS) is 15.9. The molecule has 5 nitrogen and oxygen atoms in total. The SMILES string of the molecule is CNC(=O)CC(N)c1ccc2c(c1)CCC(=O)N2C. The van der Waals surface area contributed by atoms with Crippen LogP contribution in [0.5, 0.6) is 0 Å². The molecule has 2 amide bonds. The van der Waals surface area contributed by atoms with Gasteiger partial charge in [0.2, 0.25) is 11.8 Å². The fourth-order valence-electron chi connectivity index (χ4n) is 2.33. The van der Waals surface area contributed by atoms with Crippen LogP contribution in [0.1, 0.15) is 30.0 Å². The second kappa shape index (κ2) is 5.40. The third kappa shape index (κ3) is 2.76. The first kappa shape index (κ1) is 13.5. The van der Waals surface area contributed by atoms with Gasteiger partial charge in [-0.3, -0.25) is 9.59 Å². The molecule has 1 aromatic carbocycles. The van der Waals surface area contributed by atoms with Crippen LogP contribution in [0.15, 0.2) is 18.2 Å². The molecule has 0 spiro atoms. The summed E-state index contributed by atoms with van der Waals surface area (Å²) in [5.74, 6) is 0.0624. The van der Waals surface area contributed by atoms with E-state index in [9.17, 15) is 9.59 Å². The van der Waals surface area contributed by atoms with Crippen molar-refractivity contribution < 1.29 is 9.59 Å². The van der Waals surface area contributed by atoms with Crippen LogP contribution >= 0.6 is 0 Å². The van der Waals surface area contributed by atoms with Crippen molar-refractivity contribution in [3.8, 4) is 0 Å². The predicted molar refractivity (Wildman–Crippen MR) is 73.8 cm³/mol. The molecule has 0 radical (unpaired) electrons. The standard InChI is InChI=1S/C14H19N3O2/c1-16-13(18)8-11(15)9-3-5-12-10(7-9)4-6-14(19)17(12)2/h3,5,7,11H,4,6,8,15H2,1-2H3,(H,16,18). The first-order chi connectivity index (χ1) is 9.02. The number of fused-ring (bicyclic) bond motifs is 1. The number of rotatable bonds is 3. The van der Waals surface area contributed by atoms with Gasteiger partial charge in [0.15, 0.2) is 0 Å². The fraction of sp³-hybridized carbons (Fsp3) is 0.429. The smallest absolute Gasteiger partial charge is 0.227 e. The molecule has 0 bridgehead atoms. The first-order valence-corrected chi connectivity index (χ1v) is 6.38. The molecule has 3 N–H and O–H groups in total. The zero-order valence-corrected chi connectivity index (χ0v) is 11.3. The summed E-state index contributed by atoms with van der Waals surface area (Å²) < 4.78 is 0. The lowest BCUT2D eigenvalue weighted by Gasteiger charge is -2.26. The van der Waals surface area contributed by atoms with E-state index < -0.39 is 0 Å². The lowest BCUT2D eigenvalue weighted by molar-refractivity contribution is -0.121. The zero-order chi connectivity index (χ0) is 14.0.